The molecule has 0 aromatic rings. The van der Waals surface area contributed by atoms with Gasteiger partial charge in [0.25, 0.3) is 0 Å². The molecule has 3 aliphatic rings. The number of nitrogens with one attached hydrogen (secondary N) is 1. The summed E-state index contributed by atoms with van der Waals surface area (Å²) in [5.74, 6) is -0.280. The number of allylic oxidation sites excluding steroid dienone is 3. The smallest absolute Gasteiger partial charge is 0.220 e. The van der Waals surface area contributed by atoms with Crippen LogP contribution in [0, 0.1) is 0 Å². The first-order valence-electron chi connectivity index (χ1n) is 30.6. The van der Waals surface area contributed by atoms with Crippen LogP contribution >= 0.6 is 0 Å². The number of hydrogen-bond acceptors (Lipinski definition) is 18. The van der Waals surface area contributed by atoms with E-state index in [1.165, 1.54) is 128 Å². The Hall–Kier alpha value is -1.73. The molecular weight excluding hydrogens is 1010 g/mol. The summed E-state index contributed by atoms with van der Waals surface area (Å²) < 4.78 is 34.2. The Morgan fingerprint density at radius 2 is 0.808 bits per heavy atom. The molecule has 0 spiro atoms. The number of amides is 1. The van der Waals surface area contributed by atoms with Gasteiger partial charge in [0.1, 0.15) is 73.2 Å². The summed E-state index contributed by atoms with van der Waals surface area (Å²) in [7, 11) is 0. The molecule has 0 bridgehead atoms. The van der Waals surface area contributed by atoms with Crippen molar-refractivity contribution in [1.82, 2.24) is 5.32 Å². The molecule has 1 amide bonds. The van der Waals surface area contributed by atoms with Gasteiger partial charge in [-0.1, -0.05) is 186 Å². The van der Waals surface area contributed by atoms with E-state index in [0.717, 1.165) is 57.8 Å². The van der Waals surface area contributed by atoms with Crippen molar-refractivity contribution in [3.63, 3.8) is 0 Å². The highest BCUT2D eigenvalue weighted by Crippen LogP contribution is 2.33. The van der Waals surface area contributed by atoms with Crippen LogP contribution in [0.5, 0.6) is 0 Å². The van der Waals surface area contributed by atoms with Crippen LogP contribution in [0.3, 0.4) is 0 Å². The second-order valence-corrected chi connectivity index (χ2v) is 22.2. The van der Waals surface area contributed by atoms with E-state index < -0.39 is 124 Å². The second-order valence-electron chi connectivity index (χ2n) is 22.2. The highest BCUT2D eigenvalue weighted by Gasteiger charge is 2.53. The van der Waals surface area contributed by atoms with Crippen molar-refractivity contribution >= 4 is 5.91 Å². The number of ether oxygens (including phenoxy) is 6. The predicted octanol–water partition coefficient (Wildman–Crippen LogP) is 5.54. The summed E-state index contributed by atoms with van der Waals surface area (Å²) in [6, 6.07) is -0.972. The van der Waals surface area contributed by atoms with E-state index in [9.17, 15) is 61.0 Å². The summed E-state index contributed by atoms with van der Waals surface area (Å²) in [6.07, 6.45) is 17.2. The minimum atomic E-state index is -1.98. The van der Waals surface area contributed by atoms with Gasteiger partial charge in [-0.3, -0.25) is 4.79 Å². The van der Waals surface area contributed by atoms with Gasteiger partial charge in [0.15, 0.2) is 18.9 Å². The standard InChI is InChI=1S/C59H109NO18/c1-3-5-7-9-11-13-15-17-19-20-21-23-25-27-29-31-33-35-37-47(65)60-42(43(64)36-34-32-30-28-26-24-22-18-16-14-12-10-8-6-4-2)41-73-57-53(71)50(68)55(45(39-62)75-57)78-59-54(72)51(69)56(46(40-63)76-59)77-58-52(70)49(67)48(66)44(38-61)74-58/h19-20,34,36,42-46,48-59,61-64,66-72H,3-18,21-33,35,37-41H2,1-2H3,(H,60,65)/b20-19-,36-34+. The summed E-state index contributed by atoms with van der Waals surface area (Å²) >= 11 is 0. The molecule has 3 saturated heterocycles. The molecule has 19 heteroatoms. The molecule has 0 radical (unpaired) electrons. The normalized spacial score (nSPS) is 30.6. The molecule has 3 fully saturated rings. The lowest BCUT2D eigenvalue weighted by Gasteiger charge is -2.48. The molecule has 0 aromatic carbocycles. The summed E-state index contributed by atoms with van der Waals surface area (Å²) in [6.45, 7) is 1.72. The molecule has 17 unspecified atom stereocenters. The van der Waals surface area contributed by atoms with Crippen LogP contribution in [-0.4, -0.2) is 193 Å². The van der Waals surface area contributed by atoms with Crippen LogP contribution in [0.25, 0.3) is 0 Å². The minimum absolute atomic E-state index is 0.240. The Morgan fingerprint density at radius 1 is 0.449 bits per heavy atom. The van der Waals surface area contributed by atoms with E-state index in [0.29, 0.717) is 6.42 Å². The van der Waals surface area contributed by atoms with E-state index in [1.807, 2.05) is 6.08 Å². The number of rotatable bonds is 45. The first-order chi connectivity index (χ1) is 37.8. The van der Waals surface area contributed by atoms with Gasteiger partial charge in [-0.05, 0) is 44.9 Å². The summed E-state index contributed by atoms with van der Waals surface area (Å²) in [5.41, 5.74) is 0. The predicted molar refractivity (Wildman–Crippen MR) is 296 cm³/mol. The quantitative estimate of drug-likeness (QED) is 0.0263. The summed E-state index contributed by atoms with van der Waals surface area (Å²) in [5, 5.41) is 120. The van der Waals surface area contributed by atoms with E-state index in [1.54, 1.807) is 6.08 Å². The molecule has 0 aromatic heterocycles. The molecule has 12 N–H and O–H groups in total. The molecule has 19 nitrogen and oxygen atoms in total. The molecule has 78 heavy (non-hydrogen) atoms. The van der Waals surface area contributed by atoms with Crippen molar-refractivity contribution in [3.8, 4) is 0 Å². The Bertz CT molecular complexity index is 1530. The second kappa shape index (κ2) is 43.0. The van der Waals surface area contributed by atoms with E-state index in [2.05, 4.69) is 31.3 Å². The zero-order valence-corrected chi connectivity index (χ0v) is 47.7. The maximum atomic E-state index is 13.3. The van der Waals surface area contributed by atoms with Gasteiger partial charge in [-0.15, -0.1) is 0 Å². The molecular formula is C59H109NO18. The molecule has 0 saturated carbocycles. The van der Waals surface area contributed by atoms with Crippen molar-refractivity contribution in [3.05, 3.63) is 24.3 Å². The van der Waals surface area contributed by atoms with Gasteiger partial charge >= 0.3 is 0 Å². The lowest BCUT2D eigenvalue weighted by atomic mass is 9.96. The minimum Gasteiger partial charge on any atom is -0.394 e. The van der Waals surface area contributed by atoms with Crippen LogP contribution in [-0.2, 0) is 33.2 Å². The molecule has 0 aliphatic carbocycles. The van der Waals surface area contributed by atoms with Crippen molar-refractivity contribution < 1.29 is 89.4 Å². The monoisotopic (exact) mass is 1120 g/mol. The highest BCUT2D eigenvalue weighted by atomic mass is 16.8. The van der Waals surface area contributed by atoms with Crippen LogP contribution < -0.4 is 5.32 Å². The van der Waals surface area contributed by atoms with Gasteiger partial charge < -0.3 is 89.9 Å². The van der Waals surface area contributed by atoms with Crippen molar-refractivity contribution in [1.29, 1.82) is 0 Å². The largest absolute Gasteiger partial charge is 0.394 e. The van der Waals surface area contributed by atoms with Gasteiger partial charge in [-0.2, -0.15) is 0 Å². The van der Waals surface area contributed by atoms with E-state index in [4.69, 9.17) is 28.4 Å². The number of hydrogen-bond donors (Lipinski definition) is 12. The van der Waals surface area contributed by atoms with Crippen molar-refractivity contribution in [2.45, 2.75) is 317 Å². The number of carbonyl (C=O) groups excluding carboxylic acids is 1. The van der Waals surface area contributed by atoms with E-state index >= 15 is 0 Å². The Morgan fingerprint density at radius 3 is 1.24 bits per heavy atom. The third kappa shape index (κ3) is 26.7. The van der Waals surface area contributed by atoms with Gasteiger partial charge in [0, 0.05) is 6.42 Å². The lowest BCUT2D eigenvalue weighted by Crippen LogP contribution is -2.66. The molecule has 458 valence electrons. The van der Waals surface area contributed by atoms with Gasteiger partial charge in [0.2, 0.25) is 5.91 Å². The molecule has 3 heterocycles. The first kappa shape index (κ1) is 70.5. The van der Waals surface area contributed by atoms with Crippen LogP contribution in [0.15, 0.2) is 24.3 Å². The van der Waals surface area contributed by atoms with Crippen LogP contribution in [0.1, 0.15) is 213 Å². The Kier molecular flexibility index (Phi) is 38.9. The Labute approximate surface area is 467 Å². The maximum absolute atomic E-state index is 13.3. The van der Waals surface area contributed by atoms with Gasteiger partial charge in [-0.25, -0.2) is 0 Å². The first-order valence-corrected chi connectivity index (χ1v) is 30.6. The lowest BCUT2D eigenvalue weighted by molar-refractivity contribution is -0.379. The summed E-state index contributed by atoms with van der Waals surface area (Å²) in [4.78, 5) is 13.3. The van der Waals surface area contributed by atoms with Crippen LogP contribution in [0.4, 0.5) is 0 Å². The fourth-order valence-corrected chi connectivity index (χ4v) is 10.4. The number of unbranched alkanes of at least 4 members (excludes halogenated alkanes) is 27. The fraction of sp³-hybridized carbons (Fsp3) is 0.915. The molecule has 3 aliphatic heterocycles. The SMILES string of the molecule is CCCCCCCCC/C=C\CCCCCCCCCC(=O)NC(COC1OC(CO)C(OC2OC(CO)C(OC3OC(CO)C(O)C(O)C3O)C(O)C2O)C(O)C1O)C(O)/C=C/CCCCCCCCCCCCCCC. The number of carbonyl (C=O) groups is 1. The number of aliphatic hydroxyl groups excluding tert-OH is 11. The average Bonchev–Trinajstić information content (AvgIpc) is 3.48. The van der Waals surface area contributed by atoms with Crippen LogP contribution in [0.2, 0.25) is 0 Å². The molecule has 3 rings (SSSR count). The third-order valence-corrected chi connectivity index (χ3v) is 15.5. The molecule has 17 atom stereocenters. The van der Waals surface area contributed by atoms with Crippen molar-refractivity contribution in [2.75, 3.05) is 26.4 Å². The Balaban J connectivity index is 1.50. The third-order valence-electron chi connectivity index (χ3n) is 15.5. The average molecular weight is 1120 g/mol. The number of aliphatic hydroxyl groups is 11. The maximum Gasteiger partial charge on any atom is 0.220 e. The zero-order chi connectivity index (χ0) is 56.9. The zero-order valence-electron chi connectivity index (χ0n) is 47.7. The fourth-order valence-electron chi connectivity index (χ4n) is 10.4. The van der Waals surface area contributed by atoms with Crippen molar-refractivity contribution in [2.24, 2.45) is 0 Å². The van der Waals surface area contributed by atoms with E-state index in [-0.39, 0.29) is 18.9 Å². The van der Waals surface area contributed by atoms with Gasteiger partial charge in [0.05, 0.1) is 38.6 Å². The topological polar surface area (TPSA) is 307 Å². The highest BCUT2D eigenvalue weighted by molar-refractivity contribution is 5.76.